The van der Waals surface area contributed by atoms with Crippen LogP contribution < -0.4 is 11.1 Å². The second kappa shape index (κ2) is 5.10. The highest BCUT2D eigenvalue weighted by molar-refractivity contribution is 6.30. The van der Waals surface area contributed by atoms with Gasteiger partial charge in [-0.2, -0.15) is 8.78 Å². The first kappa shape index (κ1) is 13.1. The Morgan fingerprint density at radius 3 is 2.56 bits per heavy atom. The van der Waals surface area contributed by atoms with Gasteiger partial charge < -0.3 is 11.1 Å². The van der Waals surface area contributed by atoms with Crippen molar-refractivity contribution in [2.24, 2.45) is 10.7 Å². The normalized spacial score (nSPS) is 16.7. The zero-order chi connectivity index (χ0) is 13.2. The van der Waals surface area contributed by atoms with E-state index in [-0.39, 0.29) is 11.5 Å². The van der Waals surface area contributed by atoms with E-state index in [1.165, 1.54) is 24.3 Å². The molecule has 0 aromatic heterocycles. The van der Waals surface area contributed by atoms with E-state index in [0.717, 1.165) is 12.8 Å². The molecule has 0 unspecified atom stereocenters. The van der Waals surface area contributed by atoms with Crippen molar-refractivity contribution in [1.82, 2.24) is 5.32 Å². The molecule has 0 saturated heterocycles. The van der Waals surface area contributed by atoms with Gasteiger partial charge in [0.15, 0.2) is 5.96 Å². The van der Waals surface area contributed by atoms with E-state index in [1.807, 2.05) is 0 Å². The van der Waals surface area contributed by atoms with Crippen LogP contribution in [0.2, 0.25) is 5.02 Å². The molecule has 0 bridgehead atoms. The molecule has 0 spiro atoms. The number of nitrogens with two attached hydrogens (primary N) is 1. The number of alkyl halides is 2. The van der Waals surface area contributed by atoms with Crippen LogP contribution in [0.4, 0.5) is 8.78 Å². The largest absolute Gasteiger partial charge is 0.370 e. The lowest BCUT2D eigenvalue weighted by atomic mass is 10.1. The first-order valence-electron chi connectivity index (χ1n) is 5.68. The van der Waals surface area contributed by atoms with E-state index >= 15 is 0 Å². The van der Waals surface area contributed by atoms with Crippen molar-refractivity contribution in [3.05, 3.63) is 34.9 Å². The molecule has 1 aromatic rings. The molecule has 3 nitrogen and oxygen atoms in total. The Kier molecular flexibility index (Phi) is 3.71. The molecule has 1 aliphatic carbocycles. The van der Waals surface area contributed by atoms with Crippen LogP contribution in [0.25, 0.3) is 0 Å². The average Bonchev–Trinajstić information content (AvgIpc) is 3.11. The second-order valence-electron chi connectivity index (χ2n) is 4.33. The standard InChI is InChI=1S/C12H14ClF2N3/c13-9-3-1-8(2-4-9)12(14,15)7-17-11(16)18-10-5-6-10/h1-4,10H,5-7H2,(H3,16,17,18). The van der Waals surface area contributed by atoms with Crippen LogP contribution in [-0.4, -0.2) is 18.5 Å². The van der Waals surface area contributed by atoms with Crippen LogP contribution in [-0.2, 0) is 5.92 Å². The maximum atomic E-state index is 13.8. The molecule has 18 heavy (non-hydrogen) atoms. The molecular formula is C12H14ClF2N3. The van der Waals surface area contributed by atoms with Gasteiger partial charge in [-0.3, -0.25) is 0 Å². The number of nitrogens with one attached hydrogen (secondary N) is 1. The van der Waals surface area contributed by atoms with Crippen LogP contribution in [0.15, 0.2) is 29.3 Å². The topological polar surface area (TPSA) is 50.4 Å². The lowest BCUT2D eigenvalue weighted by Gasteiger charge is -2.15. The third kappa shape index (κ3) is 3.57. The quantitative estimate of drug-likeness (QED) is 0.654. The van der Waals surface area contributed by atoms with Gasteiger partial charge >= 0.3 is 0 Å². The number of rotatable bonds is 4. The molecule has 1 aromatic carbocycles. The van der Waals surface area contributed by atoms with Crippen LogP contribution in [0.5, 0.6) is 0 Å². The molecule has 0 aliphatic heterocycles. The summed E-state index contributed by atoms with van der Waals surface area (Å²) in [6, 6.07) is 5.75. The summed E-state index contributed by atoms with van der Waals surface area (Å²) in [6.45, 7) is -0.666. The molecular weight excluding hydrogens is 260 g/mol. The molecule has 1 saturated carbocycles. The summed E-state index contributed by atoms with van der Waals surface area (Å²) in [5.74, 6) is -2.97. The van der Waals surface area contributed by atoms with Gasteiger partial charge in [0.25, 0.3) is 5.92 Å². The van der Waals surface area contributed by atoms with Gasteiger partial charge in [0.2, 0.25) is 0 Å². The van der Waals surface area contributed by atoms with Crippen LogP contribution in [0.3, 0.4) is 0 Å². The van der Waals surface area contributed by atoms with Gasteiger partial charge in [-0.25, -0.2) is 4.99 Å². The van der Waals surface area contributed by atoms with Crippen molar-refractivity contribution < 1.29 is 8.78 Å². The highest BCUT2D eigenvalue weighted by Crippen LogP contribution is 2.29. The zero-order valence-corrected chi connectivity index (χ0v) is 10.4. The Hall–Kier alpha value is -1.36. The molecule has 3 N–H and O–H groups in total. The van der Waals surface area contributed by atoms with Gasteiger partial charge in [-0.05, 0) is 25.0 Å². The number of hydrogen-bond acceptors (Lipinski definition) is 1. The molecule has 0 atom stereocenters. The van der Waals surface area contributed by atoms with Gasteiger partial charge in [-0.15, -0.1) is 0 Å². The van der Waals surface area contributed by atoms with Crippen LogP contribution >= 0.6 is 11.6 Å². The number of nitrogens with zero attached hydrogens (tertiary/aromatic N) is 1. The van der Waals surface area contributed by atoms with E-state index in [4.69, 9.17) is 17.3 Å². The lowest BCUT2D eigenvalue weighted by Crippen LogP contribution is -2.34. The summed E-state index contributed by atoms with van der Waals surface area (Å²) in [4.78, 5) is 3.68. The maximum absolute atomic E-state index is 13.8. The summed E-state index contributed by atoms with van der Waals surface area (Å²) in [5.41, 5.74) is 5.39. The number of hydrogen-bond donors (Lipinski definition) is 2. The first-order chi connectivity index (χ1) is 8.47. The van der Waals surface area contributed by atoms with Crippen molar-refractivity contribution in [1.29, 1.82) is 0 Å². The SMILES string of the molecule is NC(=NCC(F)(F)c1ccc(Cl)cc1)NC1CC1. The monoisotopic (exact) mass is 273 g/mol. The number of halogens is 3. The molecule has 0 radical (unpaired) electrons. The molecule has 0 heterocycles. The zero-order valence-electron chi connectivity index (χ0n) is 9.67. The Morgan fingerprint density at radius 2 is 2.00 bits per heavy atom. The molecule has 0 amide bonds. The van der Waals surface area contributed by atoms with E-state index in [0.29, 0.717) is 11.1 Å². The molecule has 1 aliphatic rings. The minimum absolute atomic E-state index is 0.0751. The minimum atomic E-state index is -3.04. The fourth-order valence-corrected chi connectivity index (χ4v) is 1.58. The van der Waals surface area contributed by atoms with E-state index in [9.17, 15) is 8.78 Å². The number of guanidine groups is 1. The predicted octanol–water partition coefficient (Wildman–Crippen LogP) is 2.50. The smallest absolute Gasteiger partial charge is 0.292 e. The minimum Gasteiger partial charge on any atom is -0.370 e. The average molecular weight is 274 g/mol. The van der Waals surface area contributed by atoms with Crippen molar-refractivity contribution in [2.75, 3.05) is 6.54 Å². The molecule has 1 fully saturated rings. The third-order valence-electron chi connectivity index (χ3n) is 2.64. The van der Waals surface area contributed by atoms with Crippen LogP contribution in [0, 0.1) is 0 Å². The summed E-state index contributed by atoms with van der Waals surface area (Å²) >= 11 is 5.65. The molecule has 2 rings (SSSR count). The Balaban J connectivity index is 1.99. The van der Waals surface area contributed by atoms with Crippen molar-refractivity contribution in [3.63, 3.8) is 0 Å². The fourth-order valence-electron chi connectivity index (χ4n) is 1.45. The van der Waals surface area contributed by atoms with Crippen molar-refractivity contribution >= 4 is 17.6 Å². The Labute approximate surface area is 109 Å². The van der Waals surface area contributed by atoms with Gasteiger partial charge in [0.05, 0.1) is 0 Å². The number of benzene rings is 1. The maximum Gasteiger partial charge on any atom is 0.292 e. The predicted molar refractivity (Wildman–Crippen MR) is 68.0 cm³/mol. The van der Waals surface area contributed by atoms with Crippen molar-refractivity contribution in [3.8, 4) is 0 Å². The highest BCUT2D eigenvalue weighted by Gasteiger charge is 2.31. The summed E-state index contributed by atoms with van der Waals surface area (Å²) in [5, 5.41) is 3.28. The molecule has 6 heteroatoms. The highest BCUT2D eigenvalue weighted by atomic mass is 35.5. The second-order valence-corrected chi connectivity index (χ2v) is 4.77. The summed E-state index contributed by atoms with van der Waals surface area (Å²) in [6.07, 6.45) is 2.04. The van der Waals surface area contributed by atoms with Gasteiger partial charge in [0, 0.05) is 16.6 Å². The van der Waals surface area contributed by atoms with Crippen LogP contribution in [0.1, 0.15) is 18.4 Å². The van der Waals surface area contributed by atoms with Crippen molar-refractivity contribution in [2.45, 2.75) is 24.8 Å². The number of aliphatic imine (C=N–C) groups is 1. The molecule has 98 valence electrons. The summed E-state index contributed by atoms with van der Waals surface area (Å²) in [7, 11) is 0. The van der Waals surface area contributed by atoms with E-state index < -0.39 is 12.5 Å². The summed E-state index contributed by atoms with van der Waals surface area (Å²) < 4.78 is 27.5. The first-order valence-corrected chi connectivity index (χ1v) is 6.05. The van der Waals surface area contributed by atoms with E-state index in [1.54, 1.807) is 0 Å². The Morgan fingerprint density at radius 1 is 1.39 bits per heavy atom. The van der Waals surface area contributed by atoms with Gasteiger partial charge in [0.1, 0.15) is 6.54 Å². The third-order valence-corrected chi connectivity index (χ3v) is 2.90. The Bertz CT molecular complexity index is 441. The lowest BCUT2D eigenvalue weighted by molar-refractivity contribution is 0.00645. The van der Waals surface area contributed by atoms with E-state index in [2.05, 4.69) is 10.3 Å². The van der Waals surface area contributed by atoms with Gasteiger partial charge in [-0.1, -0.05) is 23.7 Å². The fraction of sp³-hybridized carbons (Fsp3) is 0.417.